The van der Waals surface area contributed by atoms with E-state index in [-0.39, 0.29) is 5.91 Å². The van der Waals surface area contributed by atoms with Gasteiger partial charge in [0.15, 0.2) is 5.17 Å². The summed E-state index contributed by atoms with van der Waals surface area (Å²) in [5, 5.41) is 0.856. The summed E-state index contributed by atoms with van der Waals surface area (Å²) in [6, 6.07) is 16.6. The molecule has 0 saturated heterocycles. The Bertz CT molecular complexity index is 770. The van der Waals surface area contributed by atoms with E-state index in [0.717, 1.165) is 16.5 Å². The van der Waals surface area contributed by atoms with Crippen molar-refractivity contribution in [1.82, 2.24) is 4.90 Å². The van der Waals surface area contributed by atoms with E-state index in [1.54, 1.807) is 11.8 Å². The largest absolute Gasteiger partial charge is 0.289 e. The molecule has 0 unspecified atom stereocenters. The van der Waals surface area contributed by atoms with Gasteiger partial charge < -0.3 is 0 Å². The first-order chi connectivity index (χ1) is 11.6. The number of rotatable bonds is 4. The molecular weight excluding hydrogens is 316 g/mol. The fraction of sp³-hybridized carbons (Fsp3) is 0.300. The lowest BCUT2D eigenvalue weighted by Gasteiger charge is -2.18. The Balaban J connectivity index is 1.61. The van der Waals surface area contributed by atoms with Gasteiger partial charge in [-0.05, 0) is 25.0 Å². The van der Waals surface area contributed by atoms with Crippen LogP contribution in [0.2, 0.25) is 0 Å². The lowest BCUT2D eigenvalue weighted by molar-refractivity contribution is -0.126. The summed E-state index contributed by atoms with van der Waals surface area (Å²) >= 11 is 1.65. The molecule has 0 N–H and O–H groups in total. The number of carbonyl (C=O) groups is 1. The van der Waals surface area contributed by atoms with Crippen molar-refractivity contribution >= 4 is 22.8 Å². The average molecular weight is 338 g/mol. The van der Waals surface area contributed by atoms with Gasteiger partial charge in [0.2, 0.25) is 5.91 Å². The van der Waals surface area contributed by atoms with Crippen LogP contribution in [0.25, 0.3) is 0 Å². The lowest BCUT2D eigenvalue weighted by atomic mass is 10.1. The second-order valence-corrected chi connectivity index (χ2v) is 7.10. The van der Waals surface area contributed by atoms with Crippen molar-refractivity contribution in [3.05, 3.63) is 70.8 Å². The van der Waals surface area contributed by atoms with Gasteiger partial charge in [-0.3, -0.25) is 14.7 Å². The van der Waals surface area contributed by atoms with E-state index in [4.69, 9.17) is 0 Å². The predicted octanol–water partition coefficient (Wildman–Crippen LogP) is 3.98. The number of aryl methyl sites for hydroxylation is 2. The van der Waals surface area contributed by atoms with E-state index in [0.29, 0.717) is 19.5 Å². The Morgan fingerprint density at radius 2 is 1.75 bits per heavy atom. The standard InChI is InChI=1S/C20H22N2OS/c1-15-5-3-7-17(11-15)13-19(23)22-10-9-21-20(22)24-14-18-8-4-6-16(2)12-18/h3-8,11-12H,9-10,13-14H2,1-2H3. The summed E-state index contributed by atoms with van der Waals surface area (Å²) in [6.07, 6.45) is 0.436. The molecule has 1 amide bonds. The Morgan fingerprint density at radius 3 is 2.46 bits per heavy atom. The van der Waals surface area contributed by atoms with Crippen molar-refractivity contribution in [2.75, 3.05) is 13.1 Å². The van der Waals surface area contributed by atoms with Crippen molar-refractivity contribution in [2.45, 2.75) is 26.0 Å². The highest BCUT2D eigenvalue weighted by molar-refractivity contribution is 8.13. The van der Waals surface area contributed by atoms with Crippen LogP contribution < -0.4 is 0 Å². The Hall–Kier alpha value is -2.07. The lowest BCUT2D eigenvalue weighted by Crippen LogP contribution is -2.34. The van der Waals surface area contributed by atoms with Crippen molar-refractivity contribution < 1.29 is 4.79 Å². The van der Waals surface area contributed by atoms with Gasteiger partial charge in [-0.2, -0.15) is 0 Å². The maximum atomic E-state index is 12.6. The van der Waals surface area contributed by atoms with Crippen LogP contribution in [0.5, 0.6) is 0 Å². The van der Waals surface area contributed by atoms with Crippen LogP contribution in [0.3, 0.4) is 0 Å². The third-order valence-corrected chi connectivity index (χ3v) is 5.08. The number of hydrogen-bond acceptors (Lipinski definition) is 3. The van der Waals surface area contributed by atoms with E-state index in [1.165, 1.54) is 16.7 Å². The summed E-state index contributed by atoms with van der Waals surface area (Å²) in [6.45, 7) is 5.55. The molecule has 0 aromatic heterocycles. The predicted molar refractivity (Wildman–Crippen MR) is 101 cm³/mol. The van der Waals surface area contributed by atoms with E-state index in [2.05, 4.69) is 55.2 Å². The number of nitrogens with zero attached hydrogens (tertiary/aromatic N) is 2. The zero-order valence-corrected chi connectivity index (χ0v) is 15.0. The van der Waals surface area contributed by atoms with Gasteiger partial charge in [-0.15, -0.1) is 0 Å². The molecule has 2 aromatic rings. The number of amides is 1. The Morgan fingerprint density at radius 1 is 1.08 bits per heavy atom. The second-order valence-electron chi connectivity index (χ2n) is 6.15. The van der Waals surface area contributed by atoms with Crippen molar-refractivity contribution in [1.29, 1.82) is 0 Å². The molecule has 2 aromatic carbocycles. The molecule has 124 valence electrons. The maximum Gasteiger partial charge on any atom is 0.233 e. The molecule has 0 atom stereocenters. The summed E-state index contributed by atoms with van der Waals surface area (Å²) in [5.41, 5.74) is 4.77. The number of thioether (sulfide) groups is 1. The molecule has 0 saturated carbocycles. The van der Waals surface area contributed by atoms with Gasteiger partial charge in [0.25, 0.3) is 0 Å². The monoisotopic (exact) mass is 338 g/mol. The summed E-state index contributed by atoms with van der Waals surface area (Å²) < 4.78 is 0. The number of benzene rings is 2. The summed E-state index contributed by atoms with van der Waals surface area (Å²) in [4.78, 5) is 19.0. The second kappa shape index (κ2) is 7.67. The van der Waals surface area contributed by atoms with Crippen LogP contribution in [0, 0.1) is 13.8 Å². The summed E-state index contributed by atoms with van der Waals surface area (Å²) in [7, 11) is 0. The van der Waals surface area contributed by atoms with Crippen molar-refractivity contribution in [3.8, 4) is 0 Å². The number of amidine groups is 1. The van der Waals surface area contributed by atoms with Crippen LogP contribution in [-0.4, -0.2) is 29.1 Å². The van der Waals surface area contributed by atoms with Crippen molar-refractivity contribution in [2.24, 2.45) is 4.99 Å². The number of hydrogen-bond donors (Lipinski definition) is 0. The van der Waals surface area contributed by atoms with Crippen LogP contribution in [0.1, 0.15) is 22.3 Å². The molecule has 1 heterocycles. The minimum absolute atomic E-state index is 0.133. The van der Waals surface area contributed by atoms with Gasteiger partial charge in [-0.1, -0.05) is 71.4 Å². The molecule has 0 aliphatic carbocycles. The zero-order valence-electron chi connectivity index (χ0n) is 14.2. The van der Waals surface area contributed by atoms with Crippen LogP contribution in [0.15, 0.2) is 53.5 Å². The van der Waals surface area contributed by atoms with Crippen LogP contribution in [-0.2, 0) is 17.0 Å². The molecule has 0 radical (unpaired) electrons. The first-order valence-corrected chi connectivity index (χ1v) is 9.19. The SMILES string of the molecule is Cc1cccc(CSC2=NCCN2C(=O)Cc2cccc(C)c2)c1. The highest BCUT2D eigenvalue weighted by atomic mass is 32.2. The maximum absolute atomic E-state index is 12.6. The summed E-state index contributed by atoms with van der Waals surface area (Å²) in [5.74, 6) is 0.975. The van der Waals surface area contributed by atoms with E-state index >= 15 is 0 Å². The third-order valence-electron chi connectivity index (χ3n) is 3.99. The van der Waals surface area contributed by atoms with Gasteiger partial charge >= 0.3 is 0 Å². The molecule has 0 fully saturated rings. The highest BCUT2D eigenvalue weighted by Gasteiger charge is 2.24. The number of carbonyl (C=O) groups excluding carboxylic acids is 1. The highest BCUT2D eigenvalue weighted by Crippen LogP contribution is 2.21. The van der Waals surface area contributed by atoms with Gasteiger partial charge in [0.1, 0.15) is 0 Å². The molecule has 3 rings (SSSR count). The van der Waals surface area contributed by atoms with Gasteiger partial charge in [0, 0.05) is 12.3 Å². The minimum Gasteiger partial charge on any atom is -0.289 e. The fourth-order valence-electron chi connectivity index (χ4n) is 2.82. The molecular formula is C20H22N2OS. The molecule has 0 spiro atoms. The average Bonchev–Trinajstić information content (AvgIpc) is 3.02. The van der Waals surface area contributed by atoms with E-state index in [9.17, 15) is 4.79 Å². The van der Waals surface area contributed by atoms with Gasteiger partial charge in [0.05, 0.1) is 13.0 Å². The van der Waals surface area contributed by atoms with Crippen molar-refractivity contribution in [3.63, 3.8) is 0 Å². The third kappa shape index (κ3) is 4.26. The van der Waals surface area contributed by atoms with E-state index in [1.807, 2.05) is 17.0 Å². The molecule has 1 aliphatic heterocycles. The zero-order chi connectivity index (χ0) is 16.9. The molecule has 3 nitrogen and oxygen atoms in total. The smallest absolute Gasteiger partial charge is 0.233 e. The minimum atomic E-state index is 0.133. The molecule has 1 aliphatic rings. The normalized spacial score (nSPS) is 13.9. The molecule has 4 heteroatoms. The number of aliphatic imine (C=N–C) groups is 1. The molecule has 24 heavy (non-hydrogen) atoms. The van der Waals surface area contributed by atoms with Crippen LogP contribution in [0.4, 0.5) is 0 Å². The van der Waals surface area contributed by atoms with E-state index < -0.39 is 0 Å². The Labute approximate surface area is 147 Å². The topological polar surface area (TPSA) is 32.7 Å². The van der Waals surface area contributed by atoms with Gasteiger partial charge in [-0.25, -0.2) is 0 Å². The quantitative estimate of drug-likeness (QED) is 0.845. The fourth-order valence-corrected chi connectivity index (χ4v) is 3.83. The Kier molecular flexibility index (Phi) is 5.36. The van der Waals surface area contributed by atoms with Crippen LogP contribution >= 0.6 is 11.8 Å². The molecule has 0 bridgehead atoms. The first kappa shape index (κ1) is 16.8. The first-order valence-electron chi connectivity index (χ1n) is 8.20.